The van der Waals surface area contributed by atoms with Gasteiger partial charge in [0, 0.05) is 12.6 Å². The van der Waals surface area contributed by atoms with Crippen LogP contribution in [0.5, 0.6) is 0 Å². The van der Waals surface area contributed by atoms with E-state index < -0.39 is 3.79 Å². The summed E-state index contributed by atoms with van der Waals surface area (Å²) < 4.78 is -1.74. The Morgan fingerprint density at radius 1 is 1.35 bits per heavy atom. The van der Waals surface area contributed by atoms with Crippen LogP contribution in [0.2, 0.25) is 0 Å². The Morgan fingerprint density at radius 3 is 2.47 bits per heavy atom. The second-order valence-corrected chi connectivity index (χ2v) is 5.67. The van der Waals surface area contributed by atoms with Gasteiger partial charge in [0.1, 0.15) is 0 Å². The Morgan fingerprint density at radius 2 is 2.00 bits per heavy atom. The molecule has 0 bridgehead atoms. The van der Waals surface area contributed by atoms with Crippen LogP contribution < -0.4 is 5.32 Å². The highest BCUT2D eigenvalue weighted by atomic mass is 35.6. The van der Waals surface area contributed by atoms with E-state index in [4.69, 9.17) is 34.8 Å². The lowest BCUT2D eigenvalue weighted by Crippen LogP contribution is -2.39. The Balaban J connectivity index is 2.87. The van der Waals surface area contributed by atoms with Gasteiger partial charge in [0.05, 0.1) is 0 Å². The maximum Gasteiger partial charge on any atom is 0.256 e. The molecule has 1 N–H and O–H groups in total. The molecule has 3 nitrogen and oxygen atoms in total. The van der Waals surface area contributed by atoms with Crippen LogP contribution in [0.1, 0.15) is 15.9 Å². The molecule has 17 heavy (non-hydrogen) atoms. The number of amidine groups is 1. The summed E-state index contributed by atoms with van der Waals surface area (Å²) in [5.74, 6) is -0.366. The lowest BCUT2D eigenvalue weighted by Gasteiger charge is -2.15. The molecule has 0 unspecified atom stereocenters. The van der Waals surface area contributed by atoms with Gasteiger partial charge in [-0.15, -0.1) is 0 Å². The number of nitrogens with one attached hydrogen (secondary N) is 1. The van der Waals surface area contributed by atoms with Gasteiger partial charge in [-0.05, 0) is 19.1 Å². The second kappa shape index (κ2) is 5.71. The van der Waals surface area contributed by atoms with Crippen LogP contribution in [0.4, 0.5) is 0 Å². The minimum absolute atomic E-state index is 0.00555. The summed E-state index contributed by atoms with van der Waals surface area (Å²) in [5.41, 5.74) is 1.46. The standard InChI is InChI=1S/C11H11Cl3N2O/c1-7-4-3-5-8(6-7)9(17)16-10(15-2)11(12,13)14/h3-6H,1-2H3,(H,15,16,17). The van der Waals surface area contributed by atoms with E-state index in [2.05, 4.69) is 10.3 Å². The number of carbonyl (C=O) groups excluding carboxylic acids is 1. The number of aryl methyl sites for hydroxylation is 1. The van der Waals surface area contributed by atoms with Crippen LogP contribution in [-0.2, 0) is 0 Å². The van der Waals surface area contributed by atoms with E-state index in [0.29, 0.717) is 5.56 Å². The molecular formula is C11H11Cl3N2O. The summed E-state index contributed by atoms with van der Waals surface area (Å²) in [7, 11) is 1.44. The predicted molar refractivity (Wildman–Crippen MR) is 72.3 cm³/mol. The molecule has 6 heteroatoms. The van der Waals surface area contributed by atoms with E-state index in [9.17, 15) is 4.79 Å². The van der Waals surface area contributed by atoms with E-state index in [1.54, 1.807) is 18.2 Å². The molecule has 0 heterocycles. The molecule has 0 fully saturated rings. The molecule has 1 aromatic rings. The van der Waals surface area contributed by atoms with Crippen molar-refractivity contribution in [2.45, 2.75) is 10.7 Å². The molecule has 0 aliphatic rings. The van der Waals surface area contributed by atoms with Gasteiger partial charge in [-0.1, -0.05) is 52.5 Å². The average molecular weight is 294 g/mol. The van der Waals surface area contributed by atoms with E-state index in [1.165, 1.54) is 7.05 Å². The third-order valence-corrected chi connectivity index (χ3v) is 2.54. The van der Waals surface area contributed by atoms with Gasteiger partial charge in [-0.3, -0.25) is 9.79 Å². The fraction of sp³-hybridized carbons (Fsp3) is 0.273. The molecule has 0 saturated carbocycles. The summed E-state index contributed by atoms with van der Waals surface area (Å²) in [6.45, 7) is 1.89. The molecule has 0 radical (unpaired) electrons. The molecule has 0 spiro atoms. The van der Waals surface area contributed by atoms with E-state index in [1.807, 2.05) is 13.0 Å². The molecule has 0 aromatic heterocycles. The number of hydrogen-bond acceptors (Lipinski definition) is 2. The first-order valence-corrected chi connectivity index (χ1v) is 5.90. The summed E-state index contributed by atoms with van der Waals surface area (Å²) in [4.78, 5) is 15.6. The second-order valence-electron chi connectivity index (χ2n) is 3.39. The van der Waals surface area contributed by atoms with Crippen molar-refractivity contribution in [2.24, 2.45) is 4.99 Å². The molecule has 1 amide bonds. The van der Waals surface area contributed by atoms with Gasteiger partial charge < -0.3 is 5.32 Å². The van der Waals surface area contributed by atoms with Gasteiger partial charge in [0.2, 0.25) is 3.79 Å². The number of halogens is 3. The van der Waals surface area contributed by atoms with Gasteiger partial charge in [-0.25, -0.2) is 0 Å². The normalized spacial score (nSPS) is 12.4. The molecular weight excluding hydrogens is 282 g/mol. The molecule has 1 aromatic carbocycles. The highest BCUT2D eigenvalue weighted by molar-refractivity contribution is 6.77. The Hall–Kier alpha value is -0.770. The van der Waals surface area contributed by atoms with Crippen LogP contribution in [-0.4, -0.2) is 22.6 Å². The highest BCUT2D eigenvalue weighted by Gasteiger charge is 2.29. The van der Waals surface area contributed by atoms with Crippen molar-refractivity contribution in [2.75, 3.05) is 7.05 Å². The monoisotopic (exact) mass is 292 g/mol. The Labute approximate surface area is 115 Å². The van der Waals surface area contributed by atoms with Crippen molar-refractivity contribution in [3.63, 3.8) is 0 Å². The fourth-order valence-corrected chi connectivity index (χ4v) is 1.61. The minimum Gasteiger partial charge on any atom is -0.307 e. The molecule has 1 rings (SSSR count). The average Bonchev–Trinajstić information content (AvgIpc) is 2.23. The predicted octanol–water partition coefficient (Wildman–Crippen LogP) is 3.12. The first-order chi connectivity index (χ1) is 7.84. The lowest BCUT2D eigenvalue weighted by atomic mass is 10.1. The van der Waals surface area contributed by atoms with Crippen molar-refractivity contribution < 1.29 is 4.79 Å². The van der Waals surface area contributed by atoms with E-state index >= 15 is 0 Å². The molecule has 0 saturated heterocycles. The van der Waals surface area contributed by atoms with Crippen molar-refractivity contribution in [1.82, 2.24) is 5.32 Å². The third kappa shape index (κ3) is 4.19. The van der Waals surface area contributed by atoms with Crippen molar-refractivity contribution in [1.29, 1.82) is 0 Å². The number of aliphatic imine (C=N–C) groups is 1. The van der Waals surface area contributed by atoms with Crippen molar-refractivity contribution in [3.8, 4) is 0 Å². The zero-order valence-electron chi connectivity index (χ0n) is 9.30. The lowest BCUT2D eigenvalue weighted by molar-refractivity contribution is 0.0976. The number of carbonyl (C=O) groups is 1. The number of nitrogens with zero attached hydrogens (tertiary/aromatic N) is 1. The van der Waals surface area contributed by atoms with Crippen LogP contribution in [0.15, 0.2) is 29.3 Å². The summed E-state index contributed by atoms with van der Waals surface area (Å²) in [5, 5.41) is 2.47. The van der Waals surface area contributed by atoms with E-state index in [-0.39, 0.29) is 11.7 Å². The first-order valence-electron chi connectivity index (χ1n) is 4.76. The topological polar surface area (TPSA) is 41.5 Å². The quantitative estimate of drug-likeness (QED) is 0.482. The van der Waals surface area contributed by atoms with Crippen LogP contribution >= 0.6 is 34.8 Å². The van der Waals surface area contributed by atoms with Crippen molar-refractivity contribution in [3.05, 3.63) is 35.4 Å². The maximum absolute atomic E-state index is 11.8. The SMILES string of the molecule is CN=C(NC(=O)c1cccc(C)c1)C(Cl)(Cl)Cl. The number of hydrogen-bond donors (Lipinski definition) is 1. The number of alkyl halides is 3. The Kier molecular flexibility index (Phi) is 4.80. The molecule has 0 aliphatic carbocycles. The summed E-state index contributed by atoms with van der Waals surface area (Å²) >= 11 is 16.9. The zero-order valence-corrected chi connectivity index (χ0v) is 11.6. The van der Waals surface area contributed by atoms with Crippen LogP contribution in [0, 0.1) is 6.92 Å². The number of amides is 1. The smallest absolute Gasteiger partial charge is 0.256 e. The largest absolute Gasteiger partial charge is 0.307 e. The first kappa shape index (κ1) is 14.3. The fourth-order valence-electron chi connectivity index (χ4n) is 1.22. The van der Waals surface area contributed by atoms with E-state index in [0.717, 1.165) is 5.56 Å². The van der Waals surface area contributed by atoms with Crippen LogP contribution in [0.25, 0.3) is 0 Å². The highest BCUT2D eigenvalue weighted by Crippen LogP contribution is 2.26. The van der Waals surface area contributed by atoms with Crippen LogP contribution in [0.3, 0.4) is 0 Å². The molecule has 0 atom stereocenters. The molecule has 92 valence electrons. The van der Waals surface area contributed by atoms with Gasteiger partial charge >= 0.3 is 0 Å². The summed E-state index contributed by atoms with van der Waals surface area (Å²) in [6.07, 6.45) is 0. The third-order valence-electron chi connectivity index (χ3n) is 2.00. The number of rotatable bonds is 1. The number of benzene rings is 1. The zero-order chi connectivity index (χ0) is 13.1. The minimum atomic E-state index is -1.74. The molecule has 0 aliphatic heterocycles. The van der Waals surface area contributed by atoms with Gasteiger partial charge in [-0.2, -0.15) is 0 Å². The maximum atomic E-state index is 11.8. The van der Waals surface area contributed by atoms with Crippen molar-refractivity contribution >= 4 is 46.5 Å². The van der Waals surface area contributed by atoms with Gasteiger partial charge in [0.15, 0.2) is 5.84 Å². The van der Waals surface area contributed by atoms with Gasteiger partial charge in [0.25, 0.3) is 5.91 Å². The Bertz CT molecular complexity index is 452. The summed E-state index contributed by atoms with van der Waals surface area (Å²) in [6, 6.07) is 7.08.